The van der Waals surface area contributed by atoms with Crippen LogP contribution >= 0.6 is 22.6 Å². The van der Waals surface area contributed by atoms with Crippen molar-refractivity contribution in [3.8, 4) is 0 Å². The molecule has 0 aliphatic carbocycles. The molecule has 1 aromatic rings. The summed E-state index contributed by atoms with van der Waals surface area (Å²) < 4.78 is 12.0. The predicted octanol–water partition coefficient (Wildman–Crippen LogP) is 3.19. The van der Waals surface area contributed by atoms with Gasteiger partial charge >= 0.3 is 0 Å². The van der Waals surface area contributed by atoms with Crippen LogP contribution in [0.1, 0.15) is 19.4 Å². The van der Waals surface area contributed by atoms with E-state index in [1.807, 2.05) is 0 Å². The molecule has 0 aliphatic heterocycles. The maximum atomic E-state index is 5.77. The molecular formula is C12H17IO2. The molecule has 0 aliphatic rings. The minimum absolute atomic E-state index is 0.247. The highest BCUT2D eigenvalue weighted by atomic mass is 127. The van der Waals surface area contributed by atoms with Gasteiger partial charge in [-0.2, -0.15) is 0 Å². The zero-order valence-electron chi connectivity index (χ0n) is 9.42. The summed E-state index contributed by atoms with van der Waals surface area (Å²) in [5.74, 6) is 0. The lowest BCUT2D eigenvalue weighted by Crippen LogP contribution is -2.23. The van der Waals surface area contributed by atoms with Crippen LogP contribution in [0.4, 0.5) is 0 Å². The Kier molecular flexibility index (Phi) is 5.02. The topological polar surface area (TPSA) is 18.5 Å². The number of benzene rings is 1. The van der Waals surface area contributed by atoms with Crippen LogP contribution in [0.25, 0.3) is 0 Å². The number of hydrogen-bond acceptors (Lipinski definition) is 2. The molecule has 0 spiro atoms. The molecule has 0 unspecified atom stereocenters. The van der Waals surface area contributed by atoms with E-state index >= 15 is 0 Å². The van der Waals surface area contributed by atoms with E-state index in [2.05, 4.69) is 60.7 Å². The summed E-state index contributed by atoms with van der Waals surface area (Å²) in [4.78, 5) is 0. The summed E-state index contributed by atoms with van der Waals surface area (Å²) in [5, 5.41) is 0. The molecule has 0 saturated heterocycles. The van der Waals surface area contributed by atoms with E-state index in [0.29, 0.717) is 13.2 Å². The number of methoxy groups -OCH3 is 1. The summed E-state index contributed by atoms with van der Waals surface area (Å²) in [6.07, 6.45) is 0. The summed E-state index contributed by atoms with van der Waals surface area (Å²) >= 11 is 2.30. The van der Waals surface area contributed by atoms with E-state index in [1.165, 1.54) is 9.13 Å². The first-order chi connectivity index (χ1) is 7.06. The SMILES string of the molecule is COCCOC(C)(C)c1ccc(I)cc1. The molecule has 84 valence electrons. The molecule has 1 rings (SSSR count). The van der Waals surface area contributed by atoms with Gasteiger partial charge in [-0.15, -0.1) is 0 Å². The first-order valence-electron chi connectivity index (χ1n) is 4.95. The van der Waals surface area contributed by atoms with Gasteiger partial charge < -0.3 is 9.47 Å². The Hall–Kier alpha value is -0.130. The highest BCUT2D eigenvalue weighted by Crippen LogP contribution is 2.24. The molecule has 0 radical (unpaired) electrons. The Labute approximate surface area is 105 Å². The van der Waals surface area contributed by atoms with Crippen LogP contribution in [-0.2, 0) is 15.1 Å². The van der Waals surface area contributed by atoms with E-state index in [1.54, 1.807) is 7.11 Å². The van der Waals surface area contributed by atoms with Gasteiger partial charge in [0.25, 0.3) is 0 Å². The van der Waals surface area contributed by atoms with Gasteiger partial charge in [0.1, 0.15) is 0 Å². The Morgan fingerprint density at radius 1 is 1.13 bits per heavy atom. The zero-order chi connectivity index (χ0) is 11.3. The second-order valence-electron chi connectivity index (χ2n) is 3.86. The lowest BCUT2D eigenvalue weighted by atomic mass is 9.98. The highest BCUT2D eigenvalue weighted by molar-refractivity contribution is 14.1. The van der Waals surface area contributed by atoms with Crippen LogP contribution in [0.15, 0.2) is 24.3 Å². The first-order valence-corrected chi connectivity index (χ1v) is 6.03. The summed E-state index contributed by atoms with van der Waals surface area (Å²) in [6, 6.07) is 8.40. The Morgan fingerprint density at radius 2 is 1.73 bits per heavy atom. The molecule has 1 aromatic carbocycles. The smallest absolute Gasteiger partial charge is 0.0876 e. The van der Waals surface area contributed by atoms with Gasteiger partial charge in [-0.05, 0) is 54.1 Å². The van der Waals surface area contributed by atoms with Crippen molar-refractivity contribution in [3.05, 3.63) is 33.4 Å². The quantitative estimate of drug-likeness (QED) is 0.613. The largest absolute Gasteiger partial charge is 0.382 e. The van der Waals surface area contributed by atoms with Crippen LogP contribution < -0.4 is 0 Å². The number of rotatable bonds is 5. The highest BCUT2D eigenvalue weighted by Gasteiger charge is 2.20. The van der Waals surface area contributed by atoms with Crippen LogP contribution in [0.2, 0.25) is 0 Å². The standard InChI is InChI=1S/C12H17IO2/c1-12(2,15-9-8-14-3)10-4-6-11(13)7-5-10/h4-7H,8-9H2,1-3H3. The molecule has 0 fully saturated rings. The first kappa shape index (κ1) is 12.9. The maximum absolute atomic E-state index is 5.77. The van der Waals surface area contributed by atoms with Gasteiger partial charge in [-0.3, -0.25) is 0 Å². The zero-order valence-corrected chi connectivity index (χ0v) is 11.6. The Balaban J connectivity index is 2.63. The number of halogens is 1. The van der Waals surface area contributed by atoms with Crippen molar-refractivity contribution in [3.63, 3.8) is 0 Å². The van der Waals surface area contributed by atoms with Crippen molar-refractivity contribution in [2.75, 3.05) is 20.3 Å². The van der Waals surface area contributed by atoms with E-state index in [4.69, 9.17) is 9.47 Å². The summed E-state index contributed by atoms with van der Waals surface area (Å²) in [7, 11) is 1.68. The van der Waals surface area contributed by atoms with E-state index in [-0.39, 0.29) is 5.60 Å². The van der Waals surface area contributed by atoms with Crippen molar-refractivity contribution >= 4 is 22.6 Å². The van der Waals surface area contributed by atoms with Crippen molar-refractivity contribution in [2.45, 2.75) is 19.4 Å². The fourth-order valence-electron chi connectivity index (χ4n) is 1.31. The van der Waals surface area contributed by atoms with Gasteiger partial charge in [0.05, 0.1) is 18.8 Å². The molecule has 0 atom stereocenters. The van der Waals surface area contributed by atoms with E-state index in [9.17, 15) is 0 Å². The average molecular weight is 320 g/mol. The van der Waals surface area contributed by atoms with Gasteiger partial charge in [0, 0.05) is 10.7 Å². The number of ether oxygens (including phenoxy) is 2. The fourth-order valence-corrected chi connectivity index (χ4v) is 1.67. The number of hydrogen-bond donors (Lipinski definition) is 0. The van der Waals surface area contributed by atoms with Gasteiger partial charge in [-0.1, -0.05) is 12.1 Å². The molecule has 0 bridgehead atoms. The third kappa shape index (κ3) is 4.09. The molecule has 0 aromatic heterocycles. The van der Waals surface area contributed by atoms with E-state index < -0.39 is 0 Å². The van der Waals surface area contributed by atoms with E-state index in [0.717, 1.165) is 0 Å². The van der Waals surface area contributed by atoms with Crippen molar-refractivity contribution < 1.29 is 9.47 Å². The van der Waals surface area contributed by atoms with Gasteiger partial charge in [-0.25, -0.2) is 0 Å². The third-order valence-electron chi connectivity index (χ3n) is 2.29. The minimum Gasteiger partial charge on any atom is -0.382 e. The van der Waals surface area contributed by atoms with Crippen LogP contribution in [0.3, 0.4) is 0 Å². The summed E-state index contributed by atoms with van der Waals surface area (Å²) in [5.41, 5.74) is 0.946. The summed E-state index contributed by atoms with van der Waals surface area (Å²) in [6.45, 7) is 5.40. The Morgan fingerprint density at radius 3 is 2.27 bits per heavy atom. The normalized spacial score (nSPS) is 11.7. The lowest BCUT2D eigenvalue weighted by Gasteiger charge is -2.25. The van der Waals surface area contributed by atoms with Crippen molar-refractivity contribution in [1.82, 2.24) is 0 Å². The Bertz CT molecular complexity index is 293. The third-order valence-corrected chi connectivity index (χ3v) is 3.01. The van der Waals surface area contributed by atoms with Crippen LogP contribution in [-0.4, -0.2) is 20.3 Å². The lowest BCUT2D eigenvalue weighted by molar-refractivity contribution is -0.0431. The molecular weight excluding hydrogens is 303 g/mol. The van der Waals surface area contributed by atoms with Crippen molar-refractivity contribution in [1.29, 1.82) is 0 Å². The predicted molar refractivity (Wildman–Crippen MR) is 70.0 cm³/mol. The van der Waals surface area contributed by atoms with Crippen LogP contribution in [0, 0.1) is 3.57 Å². The van der Waals surface area contributed by atoms with Crippen molar-refractivity contribution in [2.24, 2.45) is 0 Å². The fraction of sp³-hybridized carbons (Fsp3) is 0.500. The second-order valence-corrected chi connectivity index (χ2v) is 5.10. The minimum atomic E-state index is -0.247. The average Bonchev–Trinajstić information content (AvgIpc) is 2.18. The van der Waals surface area contributed by atoms with Crippen LogP contribution in [0.5, 0.6) is 0 Å². The van der Waals surface area contributed by atoms with Gasteiger partial charge in [0.15, 0.2) is 0 Å². The molecule has 0 amide bonds. The molecule has 15 heavy (non-hydrogen) atoms. The molecule has 0 heterocycles. The molecule has 2 nitrogen and oxygen atoms in total. The molecule has 3 heteroatoms. The monoisotopic (exact) mass is 320 g/mol. The van der Waals surface area contributed by atoms with Gasteiger partial charge in [0.2, 0.25) is 0 Å². The molecule has 0 saturated carbocycles. The second kappa shape index (κ2) is 5.82. The maximum Gasteiger partial charge on any atom is 0.0876 e. The molecule has 0 N–H and O–H groups in total.